The summed E-state index contributed by atoms with van der Waals surface area (Å²) < 4.78 is 1.14. The van der Waals surface area contributed by atoms with Gasteiger partial charge in [-0.15, -0.1) is 0 Å². The number of hydrogen-bond acceptors (Lipinski definition) is 2. The number of rotatable bonds is 4. The number of benzene rings is 1. The Balaban J connectivity index is 2.17. The Morgan fingerprint density at radius 1 is 1.45 bits per heavy atom. The second-order valence-corrected chi connectivity index (χ2v) is 7.56. The molecule has 20 heavy (non-hydrogen) atoms. The van der Waals surface area contributed by atoms with Gasteiger partial charge in [-0.2, -0.15) is 0 Å². The molecule has 0 amide bonds. The largest absolute Gasteiger partial charge is 0.326 e. The van der Waals surface area contributed by atoms with Gasteiger partial charge in [0.25, 0.3) is 0 Å². The minimum Gasteiger partial charge on any atom is -0.326 e. The van der Waals surface area contributed by atoms with Crippen molar-refractivity contribution >= 4 is 15.9 Å². The van der Waals surface area contributed by atoms with Gasteiger partial charge in [-0.3, -0.25) is 0 Å². The van der Waals surface area contributed by atoms with E-state index >= 15 is 0 Å². The van der Waals surface area contributed by atoms with Crippen molar-refractivity contribution < 1.29 is 0 Å². The molecular weight excluding hydrogens is 312 g/mol. The predicted octanol–water partition coefficient (Wildman–Crippen LogP) is 3.83. The summed E-state index contributed by atoms with van der Waals surface area (Å²) in [5, 5.41) is 0. The fourth-order valence-corrected chi connectivity index (χ4v) is 4.19. The van der Waals surface area contributed by atoms with Gasteiger partial charge in [-0.1, -0.05) is 47.8 Å². The molecular formula is C17H27BrN2. The molecule has 0 radical (unpaired) electrons. The second kappa shape index (κ2) is 6.59. The van der Waals surface area contributed by atoms with E-state index in [2.05, 4.69) is 66.1 Å². The van der Waals surface area contributed by atoms with Crippen LogP contribution in [0.4, 0.5) is 0 Å². The van der Waals surface area contributed by atoms with Crippen LogP contribution in [0, 0.1) is 5.92 Å². The van der Waals surface area contributed by atoms with Crippen LogP contribution in [0.15, 0.2) is 28.7 Å². The van der Waals surface area contributed by atoms with Crippen molar-refractivity contribution in [3.05, 3.63) is 34.3 Å². The highest BCUT2D eigenvalue weighted by Crippen LogP contribution is 2.38. The molecule has 2 rings (SSSR count). The van der Waals surface area contributed by atoms with E-state index in [1.54, 1.807) is 0 Å². The molecule has 1 aliphatic carbocycles. The molecule has 0 bridgehead atoms. The molecule has 1 fully saturated rings. The molecule has 3 atom stereocenters. The maximum absolute atomic E-state index is 6.67. The summed E-state index contributed by atoms with van der Waals surface area (Å²) in [6.45, 7) is 2.36. The van der Waals surface area contributed by atoms with Crippen molar-refractivity contribution in [3.8, 4) is 0 Å². The topological polar surface area (TPSA) is 29.3 Å². The lowest BCUT2D eigenvalue weighted by atomic mass is 9.70. The average Bonchev–Trinajstić information content (AvgIpc) is 2.38. The second-order valence-electron chi connectivity index (χ2n) is 6.64. The van der Waals surface area contributed by atoms with Gasteiger partial charge in [0.2, 0.25) is 0 Å². The SMILES string of the molecule is CC1CCCC(C(N)Cc2cccc(Br)c2)(N(C)C)C1. The van der Waals surface area contributed by atoms with Gasteiger partial charge in [0.15, 0.2) is 0 Å². The predicted molar refractivity (Wildman–Crippen MR) is 89.9 cm³/mol. The van der Waals surface area contributed by atoms with Crippen molar-refractivity contribution in [2.45, 2.75) is 50.6 Å². The summed E-state index contributed by atoms with van der Waals surface area (Å²) in [5.41, 5.74) is 8.15. The molecule has 112 valence electrons. The van der Waals surface area contributed by atoms with E-state index in [9.17, 15) is 0 Å². The maximum atomic E-state index is 6.67. The zero-order valence-corrected chi connectivity index (χ0v) is 14.5. The fourth-order valence-electron chi connectivity index (χ4n) is 3.75. The molecule has 1 aromatic carbocycles. The monoisotopic (exact) mass is 338 g/mol. The van der Waals surface area contributed by atoms with Gasteiger partial charge < -0.3 is 10.6 Å². The number of likely N-dealkylation sites (N-methyl/N-ethyl adjacent to an activating group) is 1. The minimum atomic E-state index is 0.153. The Labute approximate surface area is 131 Å². The molecule has 0 heterocycles. The summed E-state index contributed by atoms with van der Waals surface area (Å²) in [6.07, 6.45) is 6.03. The number of halogens is 1. The first-order valence-corrected chi connectivity index (χ1v) is 8.41. The Morgan fingerprint density at radius 2 is 2.20 bits per heavy atom. The van der Waals surface area contributed by atoms with Crippen LogP contribution >= 0.6 is 15.9 Å². The van der Waals surface area contributed by atoms with Crippen LogP contribution in [-0.4, -0.2) is 30.6 Å². The van der Waals surface area contributed by atoms with Gasteiger partial charge in [0, 0.05) is 16.1 Å². The number of nitrogens with two attached hydrogens (primary N) is 1. The van der Waals surface area contributed by atoms with E-state index in [0.717, 1.165) is 16.8 Å². The zero-order valence-electron chi connectivity index (χ0n) is 12.9. The van der Waals surface area contributed by atoms with E-state index in [4.69, 9.17) is 5.73 Å². The molecule has 3 heteroatoms. The molecule has 3 unspecified atom stereocenters. The first kappa shape index (κ1) is 16.0. The molecule has 0 spiro atoms. The third-order valence-electron chi connectivity index (χ3n) is 4.93. The van der Waals surface area contributed by atoms with Crippen LogP contribution in [0.5, 0.6) is 0 Å². The Bertz CT molecular complexity index is 446. The Morgan fingerprint density at radius 3 is 2.80 bits per heavy atom. The molecule has 0 aromatic heterocycles. The van der Waals surface area contributed by atoms with Crippen molar-refractivity contribution in [1.82, 2.24) is 4.90 Å². The van der Waals surface area contributed by atoms with Crippen LogP contribution in [0.1, 0.15) is 38.2 Å². The highest BCUT2D eigenvalue weighted by molar-refractivity contribution is 9.10. The van der Waals surface area contributed by atoms with Crippen LogP contribution < -0.4 is 5.73 Å². The van der Waals surface area contributed by atoms with Crippen LogP contribution in [0.25, 0.3) is 0 Å². The summed E-state index contributed by atoms with van der Waals surface area (Å²) in [4.78, 5) is 2.38. The first-order valence-electron chi connectivity index (χ1n) is 7.61. The molecule has 1 aromatic rings. The fraction of sp³-hybridized carbons (Fsp3) is 0.647. The highest BCUT2D eigenvalue weighted by Gasteiger charge is 2.41. The summed E-state index contributed by atoms with van der Waals surface area (Å²) in [6, 6.07) is 8.72. The van der Waals surface area contributed by atoms with E-state index in [1.165, 1.54) is 31.2 Å². The van der Waals surface area contributed by atoms with E-state index < -0.39 is 0 Å². The quantitative estimate of drug-likeness (QED) is 0.903. The van der Waals surface area contributed by atoms with E-state index in [-0.39, 0.29) is 11.6 Å². The maximum Gasteiger partial charge on any atom is 0.0360 e. The third kappa shape index (κ3) is 3.44. The molecule has 2 N–H and O–H groups in total. The third-order valence-corrected chi connectivity index (χ3v) is 5.43. The summed E-state index contributed by atoms with van der Waals surface area (Å²) in [7, 11) is 4.39. The molecule has 0 aliphatic heterocycles. The van der Waals surface area contributed by atoms with Gasteiger partial charge >= 0.3 is 0 Å². The van der Waals surface area contributed by atoms with Crippen LogP contribution in [0.2, 0.25) is 0 Å². The highest BCUT2D eigenvalue weighted by atomic mass is 79.9. The van der Waals surface area contributed by atoms with Crippen molar-refractivity contribution in [3.63, 3.8) is 0 Å². The minimum absolute atomic E-state index is 0.153. The van der Waals surface area contributed by atoms with Gasteiger partial charge in [-0.25, -0.2) is 0 Å². The summed E-state index contributed by atoms with van der Waals surface area (Å²) in [5.74, 6) is 0.778. The van der Waals surface area contributed by atoms with Gasteiger partial charge in [0.1, 0.15) is 0 Å². The first-order chi connectivity index (χ1) is 9.44. The molecule has 2 nitrogen and oxygen atoms in total. The molecule has 1 saturated carbocycles. The lowest BCUT2D eigenvalue weighted by Gasteiger charge is -2.49. The van der Waals surface area contributed by atoms with Gasteiger partial charge in [-0.05, 0) is 57.0 Å². The standard InChI is InChI=1S/C17H27BrN2/c1-13-6-5-9-17(12-13,20(2)3)16(19)11-14-7-4-8-15(18)10-14/h4,7-8,10,13,16H,5-6,9,11-12,19H2,1-3H3. The normalized spacial score (nSPS) is 28.6. The Kier molecular flexibility index (Phi) is 5.27. The zero-order chi connectivity index (χ0) is 14.8. The van der Waals surface area contributed by atoms with E-state index in [1.807, 2.05) is 0 Å². The lowest BCUT2D eigenvalue weighted by molar-refractivity contribution is 0.0504. The lowest BCUT2D eigenvalue weighted by Crippen LogP contribution is -2.60. The van der Waals surface area contributed by atoms with Crippen LogP contribution in [0.3, 0.4) is 0 Å². The van der Waals surface area contributed by atoms with Crippen LogP contribution in [-0.2, 0) is 6.42 Å². The Hall–Kier alpha value is -0.380. The molecule has 1 aliphatic rings. The van der Waals surface area contributed by atoms with Crippen molar-refractivity contribution in [2.75, 3.05) is 14.1 Å². The van der Waals surface area contributed by atoms with Crippen molar-refractivity contribution in [1.29, 1.82) is 0 Å². The number of hydrogen-bond donors (Lipinski definition) is 1. The van der Waals surface area contributed by atoms with Gasteiger partial charge in [0.05, 0.1) is 0 Å². The smallest absolute Gasteiger partial charge is 0.0360 e. The number of nitrogens with zero attached hydrogens (tertiary/aromatic N) is 1. The van der Waals surface area contributed by atoms with Crippen molar-refractivity contribution in [2.24, 2.45) is 11.7 Å². The van der Waals surface area contributed by atoms with E-state index in [0.29, 0.717) is 0 Å². The molecule has 0 saturated heterocycles. The average molecular weight is 339 g/mol. The summed E-state index contributed by atoms with van der Waals surface area (Å²) >= 11 is 3.55.